The van der Waals surface area contributed by atoms with E-state index in [1.54, 1.807) is 28.8 Å². The molecule has 1 aromatic carbocycles. The van der Waals surface area contributed by atoms with Crippen LogP contribution >= 0.6 is 0 Å². The van der Waals surface area contributed by atoms with Gasteiger partial charge in [-0.05, 0) is 5.56 Å². The number of carbonyl (C=O) groups is 1. The SMILES string of the molecule is O=Cc1cncn1Cc1ccc(-c2noc(C(F)(F)F)n2)cc1. The van der Waals surface area contributed by atoms with E-state index >= 15 is 0 Å². The highest BCUT2D eigenvalue weighted by atomic mass is 19.4. The molecule has 9 heteroatoms. The van der Waals surface area contributed by atoms with E-state index in [1.165, 1.54) is 12.5 Å². The fraction of sp³-hybridized carbons (Fsp3) is 0.143. The van der Waals surface area contributed by atoms with Crippen LogP contribution in [0.2, 0.25) is 0 Å². The number of rotatable bonds is 4. The van der Waals surface area contributed by atoms with Gasteiger partial charge in [0.25, 0.3) is 0 Å². The van der Waals surface area contributed by atoms with Gasteiger partial charge in [0.1, 0.15) is 5.69 Å². The maximum Gasteiger partial charge on any atom is 0.471 e. The second-order valence-electron chi connectivity index (χ2n) is 4.68. The third kappa shape index (κ3) is 3.12. The van der Waals surface area contributed by atoms with E-state index in [-0.39, 0.29) is 5.82 Å². The summed E-state index contributed by atoms with van der Waals surface area (Å²) in [5.74, 6) is -1.52. The lowest BCUT2D eigenvalue weighted by Crippen LogP contribution is -2.04. The van der Waals surface area contributed by atoms with Gasteiger partial charge < -0.3 is 9.09 Å². The van der Waals surface area contributed by atoms with E-state index < -0.39 is 12.1 Å². The molecule has 0 saturated carbocycles. The molecule has 0 bridgehead atoms. The summed E-state index contributed by atoms with van der Waals surface area (Å²) in [5.41, 5.74) is 1.67. The molecule has 3 rings (SSSR count). The predicted octanol–water partition coefficient (Wildman–Crippen LogP) is 2.81. The van der Waals surface area contributed by atoms with Gasteiger partial charge in [-0.3, -0.25) is 4.79 Å². The monoisotopic (exact) mass is 322 g/mol. The van der Waals surface area contributed by atoms with Gasteiger partial charge in [0.05, 0.1) is 12.5 Å². The average molecular weight is 322 g/mol. The zero-order valence-electron chi connectivity index (χ0n) is 11.5. The molecule has 0 aliphatic heterocycles. The summed E-state index contributed by atoms with van der Waals surface area (Å²) in [4.78, 5) is 18.0. The van der Waals surface area contributed by atoms with Gasteiger partial charge in [-0.2, -0.15) is 18.2 Å². The van der Waals surface area contributed by atoms with Crippen molar-refractivity contribution >= 4 is 6.29 Å². The van der Waals surface area contributed by atoms with Crippen molar-refractivity contribution in [2.24, 2.45) is 0 Å². The minimum atomic E-state index is -4.67. The van der Waals surface area contributed by atoms with E-state index in [1.807, 2.05) is 0 Å². The number of aldehydes is 1. The maximum absolute atomic E-state index is 12.4. The summed E-state index contributed by atoms with van der Waals surface area (Å²) in [6, 6.07) is 6.57. The van der Waals surface area contributed by atoms with Gasteiger partial charge in [0, 0.05) is 12.1 Å². The number of nitrogens with zero attached hydrogens (tertiary/aromatic N) is 4. The highest BCUT2D eigenvalue weighted by Gasteiger charge is 2.38. The number of alkyl halides is 3. The fourth-order valence-electron chi connectivity index (χ4n) is 1.97. The molecule has 0 atom stereocenters. The van der Waals surface area contributed by atoms with Crippen molar-refractivity contribution in [3.63, 3.8) is 0 Å². The molecule has 6 nitrogen and oxygen atoms in total. The summed E-state index contributed by atoms with van der Waals surface area (Å²) < 4.78 is 43.1. The lowest BCUT2D eigenvalue weighted by atomic mass is 10.1. The maximum atomic E-state index is 12.4. The standard InChI is InChI=1S/C14H9F3N4O2/c15-14(16,17)13-19-12(20-23-13)10-3-1-9(2-4-10)6-21-8-18-5-11(21)7-22/h1-5,7-8H,6H2. The lowest BCUT2D eigenvalue weighted by molar-refractivity contribution is -0.159. The first kappa shape index (κ1) is 14.9. The summed E-state index contributed by atoms with van der Waals surface area (Å²) in [5, 5.41) is 3.32. The second kappa shape index (κ2) is 5.67. The molecule has 0 N–H and O–H groups in total. The van der Waals surface area contributed by atoms with Gasteiger partial charge in [-0.1, -0.05) is 29.4 Å². The van der Waals surface area contributed by atoms with Gasteiger partial charge in [-0.15, -0.1) is 0 Å². The zero-order valence-corrected chi connectivity index (χ0v) is 11.5. The van der Waals surface area contributed by atoms with Gasteiger partial charge >= 0.3 is 12.1 Å². The van der Waals surface area contributed by atoms with Crippen molar-refractivity contribution in [3.05, 3.63) is 53.9 Å². The number of hydrogen-bond acceptors (Lipinski definition) is 5. The first-order valence-electron chi connectivity index (χ1n) is 6.43. The summed E-state index contributed by atoms with van der Waals surface area (Å²) in [6.45, 7) is 0.411. The molecule has 118 valence electrons. The number of aromatic nitrogens is 4. The molecule has 0 saturated heterocycles. The second-order valence-corrected chi connectivity index (χ2v) is 4.68. The smallest absolute Gasteiger partial charge is 0.329 e. The molecular weight excluding hydrogens is 313 g/mol. The third-order valence-electron chi connectivity index (χ3n) is 3.10. The third-order valence-corrected chi connectivity index (χ3v) is 3.10. The van der Waals surface area contributed by atoms with Crippen LogP contribution in [0, 0.1) is 0 Å². The number of imidazole rings is 1. The van der Waals surface area contributed by atoms with Crippen LogP contribution in [0.15, 0.2) is 41.3 Å². The normalized spacial score (nSPS) is 11.6. The van der Waals surface area contributed by atoms with Crippen molar-refractivity contribution < 1.29 is 22.5 Å². The first-order chi connectivity index (χ1) is 11.0. The Morgan fingerprint density at radius 1 is 1.22 bits per heavy atom. The van der Waals surface area contributed by atoms with Crippen LogP contribution in [-0.2, 0) is 12.7 Å². The lowest BCUT2D eigenvalue weighted by Gasteiger charge is -2.05. The Morgan fingerprint density at radius 3 is 2.57 bits per heavy atom. The summed E-state index contributed by atoms with van der Waals surface area (Å²) >= 11 is 0. The molecule has 0 spiro atoms. The Labute approximate surface area is 127 Å². The molecule has 2 heterocycles. The number of benzene rings is 1. The molecule has 0 aliphatic carbocycles. The van der Waals surface area contributed by atoms with E-state index in [2.05, 4.69) is 19.6 Å². The summed E-state index contributed by atoms with van der Waals surface area (Å²) in [6.07, 6.45) is -1.01. The molecule has 0 radical (unpaired) electrons. The molecule has 23 heavy (non-hydrogen) atoms. The Kier molecular flexibility index (Phi) is 3.68. The van der Waals surface area contributed by atoms with Crippen LogP contribution in [0.4, 0.5) is 13.2 Å². The van der Waals surface area contributed by atoms with Crippen LogP contribution in [-0.4, -0.2) is 26.0 Å². The Morgan fingerprint density at radius 2 is 1.96 bits per heavy atom. The molecule has 0 unspecified atom stereocenters. The van der Waals surface area contributed by atoms with E-state index in [0.29, 0.717) is 24.1 Å². The molecular formula is C14H9F3N4O2. The molecule has 0 amide bonds. The van der Waals surface area contributed by atoms with Crippen LogP contribution in [0.5, 0.6) is 0 Å². The van der Waals surface area contributed by atoms with Crippen molar-refractivity contribution in [1.82, 2.24) is 19.7 Å². The van der Waals surface area contributed by atoms with Crippen molar-refractivity contribution in [1.29, 1.82) is 0 Å². The number of halogens is 3. The topological polar surface area (TPSA) is 73.8 Å². The first-order valence-corrected chi connectivity index (χ1v) is 6.43. The van der Waals surface area contributed by atoms with Crippen molar-refractivity contribution in [2.75, 3.05) is 0 Å². The highest BCUT2D eigenvalue weighted by Crippen LogP contribution is 2.29. The molecule has 2 aromatic heterocycles. The summed E-state index contributed by atoms with van der Waals surface area (Å²) in [7, 11) is 0. The number of hydrogen-bond donors (Lipinski definition) is 0. The Hall–Kier alpha value is -2.97. The van der Waals surface area contributed by atoms with Crippen molar-refractivity contribution in [2.45, 2.75) is 12.7 Å². The number of carbonyl (C=O) groups excluding carboxylic acids is 1. The fourth-order valence-corrected chi connectivity index (χ4v) is 1.97. The quantitative estimate of drug-likeness (QED) is 0.691. The largest absolute Gasteiger partial charge is 0.471 e. The zero-order chi connectivity index (χ0) is 16.4. The van der Waals surface area contributed by atoms with E-state index in [0.717, 1.165) is 5.56 Å². The molecule has 3 aromatic rings. The molecule has 0 fully saturated rings. The highest BCUT2D eigenvalue weighted by molar-refractivity contribution is 5.71. The van der Waals surface area contributed by atoms with Gasteiger partial charge in [-0.25, -0.2) is 4.98 Å². The van der Waals surface area contributed by atoms with Gasteiger partial charge in [0.2, 0.25) is 5.82 Å². The van der Waals surface area contributed by atoms with E-state index in [4.69, 9.17) is 0 Å². The Balaban J connectivity index is 1.79. The minimum absolute atomic E-state index is 0.139. The van der Waals surface area contributed by atoms with E-state index in [9.17, 15) is 18.0 Å². The average Bonchev–Trinajstić information content (AvgIpc) is 3.16. The Bertz CT molecular complexity index is 821. The van der Waals surface area contributed by atoms with Crippen molar-refractivity contribution in [3.8, 4) is 11.4 Å². The molecule has 0 aliphatic rings. The van der Waals surface area contributed by atoms with Crippen LogP contribution in [0.3, 0.4) is 0 Å². The van der Waals surface area contributed by atoms with Crippen LogP contribution in [0.1, 0.15) is 21.9 Å². The van der Waals surface area contributed by atoms with Gasteiger partial charge in [0.15, 0.2) is 6.29 Å². The van der Waals surface area contributed by atoms with Crippen LogP contribution in [0.25, 0.3) is 11.4 Å². The predicted molar refractivity (Wildman–Crippen MR) is 71.5 cm³/mol. The van der Waals surface area contributed by atoms with Crippen LogP contribution < -0.4 is 0 Å². The minimum Gasteiger partial charge on any atom is -0.329 e.